The molecule has 0 aliphatic heterocycles. The Labute approximate surface area is 116 Å². The van der Waals surface area contributed by atoms with Crippen LogP contribution in [-0.2, 0) is 10.0 Å². The highest BCUT2D eigenvalue weighted by Crippen LogP contribution is 2.35. The summed E-state index contributed by atoms with van der Waals surface area (Å²) in [6, 6.07) is 1.74. The minimum absolute atomic E-state index is 0.107. The van der Waals surface area contributed by atoms with Crippen LogP contribution < -0.4 is 4.72 Å². The third-order valence-corrected chi connectivity index (χ3v) is 6.87. The molecule has 1 N–H and O–H groups in total. The van der Waals surface area contributed by atoms with Crippen molar-refractivity contribution in [2.24, 2.45) is 0 Å². The van der Waals surface area contributed by atoms with Gasteiger partial charge in [-0.25, -0.2) is 13.1 Å². The molecule has 0 amide bonds. The zero-order valence-electron chi connectivity index (χ0n) is 8.37. The normalized spacial score (nSPS) is 18.1. The molecule has 0 saturated heterocycles. The fourth-order valence-electron chi connectivity index (χ4n) is 1.83. The van der Waals surface area contributed by atoms with Gasteiger partial charge in [0.1, 0.15) is 4.90 Å². The molecule has 0 aromatic carbocycles. The number of hydrogen-bond acceptors (Lipinski definition) is 3. The molecular weight excluding hydrogens is 378 g/mol. The van der Waals surface area contributed by atoms with Crippen molar-refractivity contribution in [1.82, 2.24) is 4.72 Å². The Morgan fingerprint density at radius 3 is 2.44 bits per heavy atom. The molecule has 3 nitrogen and oxygen atoms in total. The van der Waals surface area contributed by atoms with Gasteiger partial charge in [0.05, 0.1) is 7.57 Å². The van der Waals surface area contributed by atoms with E-state index >= 15 is 0 Å². The standard InChI is InChI=1S/C9H11Br2NO2S2/c10-8-5-7(9(11)15-8)16(13,14)12-6-3-1-2-4-6/h5-6,12H,1-4H2. The van der Waals surface area contributed by atoms with Crippen LogP contribution in [0.2, 0.25) is 0 Å². The molecule has 1 aliphatic rings. The van der Waals surface area contributed by atoms with Gasteiger partial charge in [0.2, 0.25) is 10.0 Å². The van der Waals surface area contributed by atoms with E-state index < -0.39 is 10.0 Å². The van der Waals surface area contributed by atoms with Gasteiger partial charge in [-0.1, -0.05) is 12.8 Å². The zero-order chi connectivity index (χ0) is 11.8. The van der Waals surface area contributed by atoms with Crippen LogP contribution in [0.3, 0.4) is 0 Å². The first-order chi connectivity index (χ1) is 7.49. The molecule has 2 rings (SSSR count). The summed E-state index contributed by atoms with van der Waals surface area (Å²) in [6.45, 7) is 0. The zero-order valence-corrected chi connectivity index (χ0v) is 13.2. The molecule has 7 heteroatoms. The van der Waals surface area contributed by atoms with E-state index in [9.17, 15) is 8.42 Å². The van der Waals surface area contributed by atoms with Gasteiger partial charge in [-0.05, 0) is 50.8 Å². The SMILES string of the molecule is O=S(=O)(NC1CCCC1)c1cc(Br)sc1Br. The summed E-state index contributed by atoms with van der Waals surface area (Å²) in [6.07, 6.45) is 4.12. The van der Waals surface area contributed by atoms with E-state index in [4.69, 9.17) is 0 Å². The highest BCUT2D eigenvalue weighted by molar-refractivity contribution is 9.12. The molecule has 0 radical (unpaired) electrons. The minimum atomic E-state index is -3.37. The first-order valence-electron chi connectivity index (χ1n) is 4.96. The van der Waals surface area contributed by atoms with Crippen LogP contribution in [0, 0.1) is 0 Å². The van der Waals surface area contributed by atoms with Gasteiger partial charge in [-0.2, -0.15) is 0 Å². The number of hydrogen-bond donors (Lipinski definition) is 1. The summed E-state index contributed by atoms with van der Waals surface area (Å²) in [7, 11) is -3.37. The predicted molar refractivity (Wildman–Crippen MR) is 72.3 cm³/mol. The Balaban J connectivity index is 2.21. The summed E-state index contributed by atoms with van der Waals surface area (Å²) in [5.41, 5.74) is 0. The van der Waals surface area contributed by atoms with Crippen LogP contribution in [0.25, 0.3) is 0 Å². The molecule has 16 heavy (non-hydrogen) atoms. The molecule has 90 valence electrons. The maximum atomic E-state index is 12.1. The Hall–Kier alpha value is 0.570. The van der Waals surface area contributed by atoms with E-state index in [0.717, 1.165) is 29.5 Å². The van der Waals surface area contributed by atoms with E-state index in [1.807, 2.05) is 0 Å². The monoisotopic (exact) mass is 387 g/mol. The lowest BCUT2D eigenvalue weighted by Crippen LogP contribution is -2.32. The van der Waals surface area contributed by atoms with Crippen molar-refractivity contribution < 1.29 is 8.42 Å². The van der Waals surface area contributed by atoms with E-state index in [0.29, 0.717) is 8.68 Å². The molecule has 0 spiro atoms. The molecule has 1 heterocycles. The van der Waals surface area contributed by atoms with Crippen LogP contribution in [0.4, 0.5) is 0 Å². The van der Waals surface area contributed by atoms with Gasteiger partial charge in [-0.3, -0.25) is 0 Å². The number of sulfonamides is 1. The van der Waals surface area contributed by atoms with E-state index in [1.165, 1.54) is 11.3 Å². The summed E-state index contributed by atoms with van der Waals surface area (Å²) >= 11 is 7.92. The maximum absolute atomic E-state index is 12.1. The molecule has 1 aromatic rings. The van der Waals surface area contributed by atoms with E-state index in [-0.39, 0.29) is 6.04 Å². The molecule has 1 fully saturated rings. The van der Waals surface area contributed by atoms with E-state index in [2.05, 4.69) is 36.6 Å². The second-order valence-electron chi connectivity index (χ2n) is 3.79. The summed E-state index contributed by atoms with van der Waals surface area (Å²) in [5, 5.41) is 0. The second-order valence-corrected chi connectivity index (χ2v) is 9.22. The topological polar surface area (TPSA) is 46.2 Å². The Bertz CT molecular complexity index is 478. The van der Waals surface area contributed by atoms with Crippen molar-refractivity contribution in [3.8, 4) is 0 Å². The molecule has 1 aromatic heterocycles. The average molecular weight is 389 g/mol. The first kappa shape index (κ1) is 13.0. The fraction of sp³-hybridized carbons (Fsp3) is 0.556. The molecule has 0 atom stereocenters. The summed E-state index contributed by atoms with van der Waals surface area (Å²) in [4.78, 5) is 0.330. The smallest absolute Gasteiger partial charge is 0.208 e. The lowest BCUT2D eigenvalue weighted by atomic mass is 10.3. The van der Waals surface area contributed by atoms with Gasteiger partial charge in [0.25, 0.3) is 0 Å². The van der Waals surface area contributed by atoms with Crippen LogP contribution in [0.15, 0.2) is 18.5 Å². The third-order valence-electron chi connectivity index (χ3n) is 2.59. The number of halogens is 2. The quantitative estimate of drug-likeness (QED) is 0.861. The Morgan fingerprint density at radius 2 is 1.94 bits per heavy atom. The lowest BCUT2D eigenvalue weighted by molar-refractivity contribution is 0.552. The van der Waals surface area contributed by atoms with Crippen LogP contribution in [-0.4, -0.2) is 14.5 Å². The van der Waals surface area contributed by atoms with E-state index in [1.54, 1.807) is 6.07 Å². The van der Waals surface area contributed by atoms with Crippen LogP contribution in [0.1, 0.15) is 25.7 Å². The number of nitrogens with one attached hydrogen (secondary N) is 1. The highest BCUT2D eigenvalue weighted by atomic mass is 79.9. The fourth-order valence-corrected chi connectivity index (χ4v) is 6.95. The molecule has 1 aliphatic carbocycles. The largest absolute Gasteiger partial charge is 0.242 e. The third kappa shape index (κ3) is 2.87. The first-order valence-corrected chi connectivity index (χ1v) is 8.85. The lowest BCUT2D eigenvalue weighted by Gasteiger charge is -2.11. The van der Waals surface area contributed by atoms with Crippen molar-refractivity contribution >= 4 is 53.2 Å². The Kier molecular flexibility index (Phi) is 4.11. The van der Waals surface area contributed by atoms with Gasteiger partial charge in [0.15, 0.2) is 0 Å². The summed E-state index contributed by atoms with van der Waals surface area (Å²) < 4.78 is 28.3. The van der Waals surface area contributed by atoms with Crippen LogP contribution in [0.5, 0.6) is 0 Å². The van der Waals surface area contributed by atoms with Gasteiger partial charge >= 0.3 is 0 Å². The minimum Gasteiger partial charge on any atom is -0.208 e. The summed E-state index contributed by atoms with van der Waals surface area (Å²) in [5.74, 6) is 0. The molecule has 0 unspecified atom stereocenters. The van der Waals surface area contributed by atoms with Crippen LogP contribution >= 0.6 is 43.2 Å². The Morgan fingerprint density at radius 1 is 1.31 bits per heavy atom. The van der Waals surface area contributed by atoms with Crippen molar-refractivity contribution in [1.29, 1.82) is 0 Å². The molecule has 0 bridgehead atoms. The van der Waals surface area contributed by atoms with Gasteiger partial charge in [-0.15, -0.1) is 11.3 Å². The van der Waals surface area contributed by atoms with Crippen molar-refractivity contribution in [3.05, 3.63) is 13.6 Å². The molecular formula is C9H11Br2NO2S2. The van der Waals surface area contributed by atoms with Gasteiger partial charge in [0, 0.05) is 6.04 Å². The molecule has 1 saturated carbocycles. The second kappa shape index (κ2) is 5.06. The van der Waals surface area contributed by atoms with Gasteiger partial charge < -0.3 is 0 Å². The number of rotatable bonds is 3. The maximum Gasteiger partial charge on any atom is 0.242 e. The highest BCUT2D eigenvalue weighted by Gasteiger charge is 2.25. The van der Waals surface area contributed by atoms with Crippen molar-refractivity contribution in [2.45, 2.75) is 36.6 Å². The van der Waals surface area contributed by atoms with Crippen molar-refractivity contribution in [3.63, 3.8) is 0 Å². The predicted octanol–water partition coefficient (Wildman–Crippen LogP) is 3.49. The number of thiophene rings is 1. The average Bonchev–Trinajstić information content (AvgIpc) is 2.75. The van der Waals surface area contributed by atoms with Crippen molar-refractivity contribution in [2.75, 3.05) is 0 Å².